The zero-order valence-electron chi connectivity index (χ0n) is 16.6. The monoisotopic (exact) mass is 401 g/mol. The number of thioether (sulfide) groups is 1. The maximum absolute atomic E-state index is 13.6. The molecule has 146 valence electrons. The van der Waals surface area contributed by atoms with Crippen molar-refractivity contribution in [3.05, 3.63) is 58.4 Å². The second-order valence-electron chi connectivity index (χ2n) is 8.00. The van der Waals surface area contributed by atoms with Crippen molar-refractivity contribution in [2.75, 3.05) is 0 Å². The number of carbonyl (C=O) groups excluding carboxylic acids is 1. The highest BCUT2D eigenvalue weighted by molar-refractivity contribution is 8.00. The number of hydrogen-bond donors (Lipinski definition) is 0. The molecule has 4 nitrogen and oxygen atoms in total. The molecule has 3 aromatic rings. The second kappa shape index (κ2) is 7.35. The molecule has 0 radical (unpaired) electrons. The van der Waals surface area contributed by atoms with Crippen molar-refractivity contribution in [2.24, 2.45) is 0 Å². The molecule has 2 aliphatic carbocycles. The molecule has 2 aromatic heterocycles. The summed E-state index contributed by atoms with van der Waals surface area (Å²) in [5.41, 5.74) is 6.40. The van der Waals surface area contributed by atoms with E-state index >= 15 is 0 Å². The van der Waals surface area contributed by atoms with Gasteiger partial charge in [-0.25, -0.2) is 4.98 Å². The van der Waals surface area contributed by atoms with E-state index in [1.54, 1.807) is 0 Å². The molecule has 2 heterocycles. The minimum atomic E-state index is -0.309. The summed E-state index contributed by atoms with van der Waals surface area (Å²) in [5, 5.41) is 11.2. The van der Waals surface area contributed by atoms with E-state index in [1.807, 2.05) is 23.6 Å². The fraction of sp³-hybridized carbons (Fsp3) is 0.375. The molecule has 5 heteroatoms. The summed E-state index contributed by atoms with van der Waals surface area (Å²) in [7, 11) is 0. The molecule has 0 saturated heterocycles. The maximum Gasteiger partial charge on any atom is 0.244 e. The van der Waals surface area contributed by atoms with Crippen LogP contribution in [0.3, 0.4) is 0 Å². The van der Waals surface area contributed by atoms with Crippen molar-refractivity contribution in [3.63, 3.8) is 0 Å². The summed E-state index contributed by atoms with van der Waals surface area (Å²) >= 11 is 1.42. The summed E-state index contributed by atoms with van der Waals surface area (Å²) in [4.78, 5) is 18.3. The first-order valence-corrected chi connectivity index (χ1v) is 11.3. The number of nitriles is 1. The number of carbonyl (C=O) groups is 1. The fourth-order valence-electron chi connectivity index (χ4n) is 4.77. The highest BCUT2D eigenvalue weighted by Crippen LogP contribution is 2.35. The van der Waals surface area contributed by atoms with Gasteiger partial charge < -0.3 is 0 Å². The Kier molecular flexibility index (Phi) is 4.67. The van der Waals surface area contributed by atoms with Crippen LogP contribution in [0.1, 0.15) is 59.1 Å². The second-order valence-corrected chi connectivity index (χ2v) is 9.32. The lowest BCUT2D eigenvalue weighted by Gasteiger charge is -2.18. The number of pyridine rings is 1. The van der Waals surface area contributed by atoms with E-state index in [1.165, 1.54) is 40.4 Å². The number of nitrogens with zero attached hydrogens (tertiary/aromatic N) is 3. The van der Waals surface area contributed by atoms with Gasteiger partial charge in [0.15, 0.2) is 0 Å². The van der Waals surface area contributed by atoms with Crippen LogP contribution >= 0.6 is 11.8 Å². The van der Waals surface area contributed by atoms with Gasteiger partial charge in [0.2, 0.25) is 5.91 Å². The summed E-state index contributed by atoms with van der Waals surface area (Å²) in [5.74, 6) is 0.0838. The lowest BCUT2D eigenvalue weighted by molar-refractivity contribution is 0.0917. The molecule has 0 saturated carbocycles. The minimum Gasteiger partial charge on any atom is -0.283 e. The zero-order valence-corrected chi connectivity index (χ0v) is 17.4. The Bertz CT molecular complexity index is 1170. The van der Waals surface area contributed by atoms with Gasteiger partial charge in [0, 0.05) is 16.8 Å². The standard InChI is InChI=1S/C24H23N3OS/c1-15(29-23-17(14-25)13-16-7-6-10-20(16)26-23)24(28)27-21-11-4-2-8-18(21)19-9-3-5-12-22(19)27/h2,4,8,11,13,15H,3,5-7,9-10,12H2,1H3. The smallest absolute Gasteiger partial charge is 0.244 e. The van der Waals surface area contributed by atoms with Gasteiger partial charge in [-0.15, -0.1) is 0 Å². The van der Waals surface area contributed by atoms with E-state index in [0.717, 1.165) is 49.7 Å². The van der Waals surface area contributed by atoms with Gasteiger partial charge in [0.25, 0.3) is 0 Å². The van der Waals surface area contributed by atoms with E-state index in [9.17, 15) is 10.1 Å². The highest BCUT2D eigenvalue weighted by atomic mass is 32.2. The zero-order chi connectivity index (χ0) is 20.0. The van der Waals surface area contributed by atoms with Crippen molar-refractivity contribution >= 4 is 28.6 Å². The van der Waals surface area contributed by atoms with Crippen LogP contribution < -0.4 is 0 Å². The number of para-hydroxylation sites is 1. The van der Waals surface area contributed by atoms with Crippen molar-refractivity contribution in [1.82, 2.24) is 9.55 Å². The molecule has 0 N–H and O–H groups in total. The third-order valence-electron chi connectivity index (χ3n) is 6.17. The van der Waals surface area contributed by atoms with Crippen LogP contribution in [-0.2, 0) is 25.7 Å². The SMILES string of the molecule is CC(Sc1nc2c(cc1C#N)CCC2)C(=O)n1c2c(c3ccccc31)CCCC2. The highest BCUT2D eigenvalue weighted by Gasteiger charge is 2.27. The Balaban J connectivity index is 1.52. The van der Waals surface area contributed by atoms with Crippen LogP contribution in [0.2, 0.25) is 0 Å². The molecule has 0 spiro atoms. The predicted octanol–water partition coefficient (Wildman–Crippen LogP) is 5.10. The van der Waals surface area contributed by atoms with Crippen molar-refractivity contribution in [3.8, 4) is 6.07 Å². The molecule has 29 heavy (non-hydrogen) atoms. The van der Waals surface area contributed by atoms with Crippen molar-refractivity contribution in [1.29, 1.82) is 5.26 Å². The molecule has 1 unspecified atom stereocenters. The van der Waals surface area contributed by atoms with Gasteiger partial charge in [-0.2, -0.15) is 5.26 Å². The fourth-order valence-corrected chi connectivity index (χ4v) is 5.71. The van der Waals surface area contributed by atoms with E-state index in [0.29, 0.717) is 10.6 Å². The Morgan fingerprint density at radius 2 is 2.00 bits per heavy atom. The number of rotatable bonds is 3. The molecule has 5 rings (SSSR count). The van der Waals surface area contributed by atoms with Crippen LogP contribution in [0, 0.1) is 11.3 Å². The number of hydrogen-bond acceptors (Lipinski definition) is 4. The third kappa shape index (κ3) is 3.07. The Labute approximate surface area is 174 Å². The number of aryl methyl sites for hydroxylation is 3. The Morgan fingerprint density at radius 3 is 2.86 bits per heavy atom. The van der Waals surface area contributed by atoms with Gasteiger partial charge in [-0.05, 0) is 75.1 Å². The predicted molar refractivity (Wildman–Crippen MR) is 116 cm³/mol. The maximum atomic E-state index is 13.6. The first-order chi connectivity index (χ1) is 14.2. The summed E-state index contributed by atoms with van der Waals surface area (Å²) < 4.78 is 1.95. The van der Waals surface area contributed by atoms with Gasteiger partial charge in [-0.1, -0.05) is 30.0 Å². The molecule has 1 aromatic carbocycles. The quantitative estimate of drug-likeness (QED) is 0.573. The third-order valence-corrected chi connectivity index (χ3v) is 7.26. The number of fused-ring (bicyclic) bond motifs is 4. The summed E-state index contributed by atoms with van der Waals surface area (Å²) in [6.07, 6.45) is 7.37. The van der Waals surface area contributed by atoms with Crippen LogP contribution in [0.4, 0.5) is 0 Å². The van der Waals surface area contributed by atoms with E-state index in [-0.39, 0.29) is 11.2 Å². The van der Waals surface area contributed by atoms with E-state index in [2.05, 4.69) is 24.3 Å². The molecular weight excluding hydrogens is 378 g/mol. The Hall–Kier alpha value is -2.58. The molecule has 2 aliphatic rings. The minimum absolute atomic E-state index is 0.0838. The average molecular weight is 402 g/mol. The molecule has 1 atom stereocenters. The molecule has 0 fully saturated rings. The average Bonchev–Trinajstić information content (AvgIpc) is 3.34. The first kappa shape index (κ1) is 18.4. The van der Waals surface area contributed by atoms with Gasteiger partial charge in [0.05, 0.1) is 16.3 Å². The van der Waals surface area contributed by atoms with E-state index in [4.69, 9.17) is 4.98 Å². The lowest BCUT2D eigenvalue weighted by atomic mass is 9.95. The molecular formula is C24H23N3OS. The van der Waals surface area contributed by atoms with Gasteiger partial charge in [0.1, 0.15) is 11.1 Å². The summed E-state index contributed by atoms with van der Waals surface area (Å²) in [6.45, 7) is 1.94. The van der Waals surface area contributed by atoms with Crippen LogP contribution in [0.15, 0.2) is 35.4 Å². The first-order valence-electron chi connectivity index (χ1n) is 10.4. The van der Waals surface area contributed by atoms with E-state index < -0.39 is 0 Å². The van der Waals surface area contributed by atoms with Crippen LogP contribution in [0.5, 0.6) is 0 Å². The number of aromatic nitrogens is 2. The van der Waals surface area contributed by atoms with Crippen LogP contribution in [-0.4, -0.2) is 20.7 Å². The van der Waals surface area contributed by atoms with Crippen molar-refractivity contribution < 1.29 is 4.79 Å². The topological polar surface area (TPSA) is 58.7 Å². The Morgan fingerprint density at radius 1 is 1.17 bits per heavy atom. The normalized spacial score (nSPS) is 16.3. The molecule has 0 aliphatic heterocycles. The largest absolute Gasteiger partial charge is 0.283 e. The lowest BCUT2D eigenvalue weighted by Crippen LogP contribution is -2.24. The van der Waals surface area contributed by atoms with Crippen molar-refractivity contribution in [2.45, 2.75) is 62.1 Å². The molecule has 0 amide bonds. The number of benzene rings is 1. The van der Waals surface area contributed by atoms with Crippen LogP contribution in [0.25, 0.3) is 10.9 Å². The summed E-state index contributed by atoms with van der Waals surface area (Å²) in [6, 6.07) is 12.5. The molecule has 0 bridgehead atoms. The van der Waals surface area contributed by atoms with Gasteiger partial charge >= 0.3 is 0 Å². The van der Waals surface area contributed by atoms with Gasteiger partial charge in [-0.3, -0.25) is 9.36 Å².